The first kappa shape index (κ1) is 29.5. The third-order valence-corrected chi connectivity index (χ3v) is 5.11. The third-order valence-electron chi connectivity index (χ3n) is 4.49. The van der Waals surface area contributed by atoms with Crippen molar-refractivity contribution < 1.29 is 38.9 Å². The molecule has 0 bridgehead atoms. The zero-order chi connectivity index (χ0) is 25.7. The second-order valence-corrected chi connectivity index (χ2v) is 9.19. The summed E-state index contributed by atoms with van der Waals surface area (Å²) in [6, 6.07) is 6.41. The maximum absolute atomic E-state index is 12.8. The van der Waals surface area contributed by atoms with Gasteiger partial charge in [0, 0.05) is 12.8 Å². The number of hydrogen-bond acceptors (Lipinski definition) is 7. The number of amides is 2. The minimum Gasteiger partial charge on any atom is -0.480 e. The summed E-state index contributed by atoms with van der Waals surface area (Å²) in [5, 5.41) is 24.4. The number of ether oxygens (including phenoxy) is 2. The van der Waals surface area contributed by atoms with Crippen LogP contribution >= 0.6 is 15.9 Å². The van der Waals surface area contributed by atoms with Crippen molar-refractivity contribution in [1.29, 1.82) is 0 Å². The van der Waals surface area contributed by atoms with E-state index in [1.54, 1.807) is 45.0 Å². The summed E-state index contributed by atoms with van der Waals surface area (Å²) >= 11 is 3.01. The molecule has 2 amide bonds. The van der Waals surface area contributed by atoms with E-state index >= 15 is 0 Å². The summed E-state index contributed by atoms with van der Waals surface area (Å²) in [5.41, 5.74) is 0.116. The van der Waals surface area contributed by atoms with Crippen LogP contribution in [0.4, 0.5) is 4.79 Å². The number of rotatable bonds is 14. The summed E-state index contributed by atoms with van der Waals surface area (Å²) in [6.45, 7) is 5.24. The van der Waals surface area contributed by atoms with Crippen molar-refractivity contribution in [3.05, 3.63) is 35.9 Å². The molecule has 0 aliphatic carbocycles. The van der Waals surface area contributed by atoms with Crippen molar-refractivity contribution in [3.8, 4) is 0 Å². The number of halogens is 1. The second kappa shape index (κ2) is 14.7. The van der Waals surface area contributed by atoms with Crippen LogP contribution in [0.5, 0.6) is 0 Å². The number of carbonyl (C=O) groups is 4. The molecular weight excluding hydrogens is 512 g/mol. The lowest BCUT2D eigenvalue weighted by molar-refractivity contribution is -0.169. The van der Waals surface area contributed by atoms with E-state index in [0.29, 0.717) is 0 Å². The number of aliphatic carboxylic acids is 1. The number of aliphatic hydroxyl groups is 1. The van der Waals surface area contributed by atoms with Crippen LogP contribution in [0.3, 0.4) is 0 Å². The Balaban J connectivity index is 2.82. The zero-order valence-electron chi connectivity index (χ0n) is 19.6. The molecular formula is C23H33BrN2O8. The lowest BCUT2D eigenvalue weighted by atomic mass is 10.1. The van der Waals surface area contributed by atoms with Crippen molar-refractivity contribution in [3.63, 3.8) is 0 Å². The smallest absolute Gasteiger partial charge is 0.408 e. The molecule has 0 spiro atoms. The standard InChI is InChI=1S/C23H33BrN2O8/c1-23(2,3)34-19(28)12-11-17(26-22(32)33-14-15-7-5-4-6-8-15)20(29)25-18(21(30)31)10-9-16(27)13-24/h4-8,17-19,28H,9-14H2,1-3H3,(H,25,29)(H,26,32)(H,30,31). The fourth-order valence-electron chi connectivity index (χ4n) is 2.85. The first-order valence-corrected chi connectivity index (χ1v) is 12.0. The maximum atomic E-state index is 12.8. The molecule has 1 aromatic carbocycles. The van der Waals surface area contributed by atoms with E-state index in [0.717, 1.165) is 5.56 Å². The monoisotopic (exact) mass is 544 g/mol. The highest BCUT2D eigenvalue weighted by molar-refractivity contribution is 9.09. The van der Waals surface area contributed by atoms with E-state index in [-0.39, 0.29) is 43.4 Å². The van der Waals surface area contributed by atoms with Gasteiger partial charge in [0.15, 0.2) is 6.29 Å². The van der Waals surface area contributed by atoms with Crippen molar-refractivity contribution in [2.75, 3.05) is 5.33 Å². The van der Waals surface area contributed by atoms with Crippen molar-refractivity contribution in [1.82, 2.24) is 10.6 Å². The molecule has 0 aromatic heterocycles. The van der Waals surface area contributed by atoms with Gasteiger partial charge in [0.05, 0.1) is 10.9 Å². The van der Waals surface area contributed by atoms with Crippen LogP contribution < -0.4 is 10.6 Å². The normalized spacial score (nSPS) is 13.9. The molecule has 190 valence electrons. The van der Waals surface area contributed by atoms with Crippen molar-refractivity contribution >= 4 is 39.7 Å². The summed E-state index contributed by atoms with van der Waals surface area (Å²) < 4.78 is 10.6. The Hall–Kier alpha value is -2.50. The molecule has 0 saturated carbocycles. The van der Waals surface area contributed by atoms with Gasteiger partial charge in [-0.15, -0.1) is 0 Å². The largest absolute Gasteiger partial charge is 0.480 e. The number of alkyl carbamates (subject to hydrolysis) is 1. The molecule has 11 heteroatoms. The molecule has 0 heterocycles. The molecule has 0 saturated heterocycles. The first-order chi connectivity index (χ1) is 15.9. The Kier molecular flexibility index (Phi) is 12.8. The summed E-state index contributed by atoms with van der Waals surface area (Å²) in [5.74, 6) is -2.29. The highest BCUT2D eigenvalue weighted by Gasteiger charge is 2.28. The van der Waals surface area contributed by atoms with E-state index in [2.05, 4.69) is 26.6 Å². The van der Waals surface area contributed by atoms with Crippen LogP contribution in [0.1, 0.15) is 52.0 Å². The predicted molar refractivity (Wildman–Crippen MR) is 127 cm³/mol. The van der Waals surface area contributed by atoms with E-state index in [4.69, 9.17) is 9.47 Å². The molecule has 4 N–H and O–H groups in total. The lowest BCUT2D eigenvalue weighted by Crippen LogP contribution is -2.52. The number of ketones is 1. The number of Topliss-reactive ketones (excluding diaryl/α,β-unsaturated/α-hetero) is 1. The number of alkyl halides is 1. The number of carboxylic acids is 1. The highest BCUT2D eigenvalue weighted by atomic mass is 79.9. The summed E-state index contributed by atoms with van der Waals surface area (Å²) in [7, 11) is 0. The lowest BCUT2D eigenvalue weighted by Gasteiger charge is -2.26. The van der Waals surface area contributed by atoms with Gasteiger partial charge < -0.3 is 30.3 Å². The number of carbonyl (C=O) groups excluding carboxylic acids is 3. The van der Waals surface area contributed by atoms with Crippen molar-refractivity contribution in [2.24, 2.45) is 0 Å². The van der Waals surface area contributed by atoms with Crippen molar-refractivity contribution in [2.45, 2.75) is 77.0 Å². The Labute approximate surface area is 207 Å². The Morgan fingerprint density at radius 1 is 1.00 bits per heavy atom. The first-order valence-electron chi connectivity index (χ1n) is 10.8. The van der Waals surface area contributed by atoms with Crippen LogP contribution in [0.25, 0.3) is 0 Å². The topological polar surface area (TPSA) is 151 Å². The van der Waals surface area contributed by atoms with Crippen LogP contribution in [0.2, 0.25) is 0 Å². The highest BCUT2D eigenvalue weighted by Crippen LogP contribution is 2.14. The van der Waals surface area contributed by atoms with Crippen LogP contribution in [-0.2, 0) is 30.5 Å². The number of hydrogen-bond donors (Lipinski definition) is 4. The predicted octanol–water partition coefficient (Wildman–Crippen LogP) is 2.51. The summed E-state index contributed by atoms with van der Waals surface area (Å²) in [6.07, 6.45) is -2.28. The zero-order valence-corrected chi connectivity index (χ0v) is 21.2. The number of benzene rings is 1. The minimum atomic E-state index is -1.32. The fraction of sp³-hybridized carbons (Fsp3) is 0.565. The number of nitrogens with one attached hydrogen (secondary N) is 2. The van der Waals surface area contributed by atoms with Gasteiger partial charge >= 0.3 is 12.1 Å². The Morgan fingerprint density at radius 2 is 1.65 bits per heavy atom. The van der Waals surface area contributed by atoms with Gasteiger partial charge in [-0.3, -0.25) is 9.59 Å². The van der Waals surface area contributed by atoms with Crippen LogP contribution in [0, 0.1) is 0 Å². The van der Waals surface area contributed by atoms with Gasteiger partial charge in [-0.25, -0.2) is 9.59 Å². The molecule has 3 atom stereocenters. The third kappa shape index (κ3) is 12.7. The second-order valence-electron chi connectivity index (χ2n) is 8.63. The van der Waals surface area contributed by atoms with Gasteiger partial charge in [0.1, 0.15) is 24.5 Å². The average molecular weight is 545 g/mol. The van der Waals surface area contributed by atoms with Gasteiger partial charge in [0.2, 0.25) is 5.91 Å². The molecule has 1 rings (SSSR count). The van der Waals surface area contributed by atoms with E-state index in [1.165, 1.54) is 0 Å². The van der Waals surface area contributed by atoms with Gasteiger partial charge in [-0.1, -0.05) is 46.3 Å². The van der Waals surface area contributed by atoms with E-state index in [9.17, 15) is 29.4 Å². The Morgan fingerprint density at radius 3 is 2.21 bits per heavy atom. The SMILES string of the molecule is CC(C)(C)OC(O)CCC(NC(=O)OCc1ccccc1)C(=O)NC(CCC(=O)CBr)C(=O)O. The van der Waals surface area contributed by atoms with Crippen LogP contribution in [0.15, 0.2) is 30.3 Å². The average Bonchev–Trinajstić information content (AvgIpc) is 2.76. The Bertz CT molecular complexity index is 813. The molecule has 0 aliphatic heterocycles. The fourth-order valence-corrected chi connectivity index (χ4v) is 3.13. The quantitative estimate of drug-likeness (QED) is 0.206. The molecule has 1 aromatic rings. The van der Waals surface area contributed by atoms with Crippen LogP contribution in [-0.4, -0.2) is 63.3 Å². The molecule has 0 radical (unpaired) electrons. The molecule has 0 fully saturated rings. The van der Waals surface area contributed by atoms with E-state index in [1.807, 2.05) is 6.07 Å². The van der Waals surface area contributed by atoms with E-state index < -0.39 is 41.9 Å². The number of aliphatic hydroxyl groups excluding tert-OH is 1. The number of carboxylic acid groups (broad SMARTS) is 1. The minimum absolute atomic E-state index is 0.00582. The summed E-state index contributed by atoms with van der Waals surface area (Å²) in [4.78, 5) is 48.2. The molecule has 10 nitrogen and oxygen atoms in total. The van der Waals surface area contributed by atoms with Gasteiger partial charge in [-0.05, 0) is 39.2 Å². The molecule has 0 aliphatic rings. The molecule has 3 unspecified atom stereocenters. The van der Waals surface area contributed by atoms with Gasteiger partial charge in [0.25, 0.3) is 0 Å². The van der Waals surface area contributed by atoms with Gasteiger partial charge in [-0.2, -0.15) is 0 Å². The molecule has 34 heavy (non-hydrogen) atoms. The maximum Gasteiger partial charge on any atom is 0.408 e.